The molecule has 2 heterocycles. The normalized spacial score (nSPS) is 11.4. The van der Waals surface area contributed by atoms with E-state index in [1.54, 1.807) is 0 Å². The zero-order valence-electron chi connectivity index (χ0n) is 32.0. The van der Waals surface area contributed by atoms with E-state index in [2.05, 4.69) is 187 Å². The lowest BCUT2D eigenvalue weighted by atomic mass is 9.99. The number of furan rings is 1. The van der Waals surface area contributed by atoms with Crippen LogP contribution in [0, 0.1) is 0 Å². The first-order valence-electron chi connectivity index (χ1n) is 19.9. The van der Waals surface area contributed by atoms with Crippen LogP contribution in [-0.2, 0) is 0 Å². The van der Waals surface area contributed by atoms with Crippen molar-refractivity contribution in [2.24, 2.45) is 0 Å². The monoisotopic (exact) mass is 756 g/mol. The van der Waals surface area contributed by atoms with Crippen LogP contribution in [0.15, 0.2) is 227 Å². The summed E-state index contributed by atoms with van der Waals surface area (Å²) < 4.78 is 12.8. The molecule has 0 radical (unpaired) electrons. The Balaban J connectivity index is 0.952. The van der Waals surface area contributed by atoms with Crippen LogP contribution < -0.4 is 4.90 Å². The zero-order valence-corrected chi connectivity index (χ0v) is 32.0. The molecule has 0 fully saturated rings. The molecule has 4 heteroatoms. The van der Waals surface area contributed by atoms with Crippen molar-refractivity contribution in [3.8, 4) is 56.0 Å². The van der Waals surface area contributed by atoms with Crippen LogP contribution in [-0.4, -0.2) is 4.98 Å². The van der Waals surface area contributed by atoms with Gasteiger partial charge in [0.1, 0.15) is 16.7 Å². The van der Waals surface area contributed by atoms with E-state index in [1.807, 2.05) is 36.4 Å². The maximum absolute atomic E-state index is 6.61. The molecule has 0 saturated heterocycles. The molecule has 0 amide bonds. The highest BCUT2D eigenvalue weighted by molar-refractivity contribution is 6.12. The molecule has 11 rings (SSSR count). The van der Waals surface area contributed by atoms with E-state index >= 15 is 0 Å². The summed E-state index contributed by atoms with van der Waals surface area (Å²) >= 11 is 0. The number of fused-ring (bicyclic) bond motifs is 4. The number of para-hydroxylation sites is 1. The molecular weight excluding hydrogens is 721 g/mol. The van der Waals surface area contributed by atoms with E-state index in [4.69, 9.17) is 13.8 Å². The van der Waals surface area contributed by atoms with E-state index in [1.165, 1.54) is 27.8 Å². The first kappa shape index (κ1) is 34.3. The van der Waals surface area contributed by atoms with Gasteiger partial charge in [-0.25, -0.2) is 4.98 Å². The maximum Gasteiger partial charge on any atom is 0.227 e. The van der Waals surface area contributed by atoms with Crippen molar-refractivity contribution in [2.75, 3.05) is 4.90 Å². The second-order valence-corrected chi connectivity index (χ2v) is 14.8. The standard InChI is InChI=1S/C55H36N2O2/c1-4-12-37(13-5-1)39-22-24-40(25-23-39)41-26-30-45(31-27-41)57(47-19-10-18-44(34-47)38-14-6-2-7-15-38)46-32-28-42(29-33-46)48-20-11-21-49-50-35-51-53(36-52(50)58-54(48)49)59-55(56-51)43-16-8-3-9-17-43/h1-36H. The van der Waals surface area contributed by atoms with Gasteiger partial charge >= 0.3 is 0 Å². The minimum absolute atomic E-state index is 0.601. The number of aromatic nitrogens is 1. The molecule has 0 bridgehead atoms. The highest BCUT2D eigenvalue weighted by atomic mass is 16.4. The summed E-state index contributed by atoms with van der Waals surface area (Å²) in [5, 5.41) is 2.06. The summed E-state index contributed by atoms with van der Waals surface area (Å²) in [6.45, 7) is 0. The molecule has 11 aromatic rings. The molecule has 59 heavy (non-hydrogen) atoms. The Hall–Kier alpha value is -7.95. The van der Waals surface area contributed by atoms with Crippen LogP contribution in [0.1, 0.15) is 0 Å². The van der Waals surface area contributed by atoms with Gasteiger partial charge in [-0.2, -0.15) is 0 Å². The van der Waals surface area contributed by atoms with Crippen molar-refractivity contribution in [1.29, 1.82) is 0 Å². The second kappa shape index (κ2) is 14.5. The number of benzene rings is 9. The third kappa shape index (κ3) is 6.43. The third-order valence-corrected chi connectivity index (χ3v) is 11.1. The first-order valence-corrected chi connectivity index (χ1v) is 19.9. The predicted molar refractivity (Wildman–Crippen MR) is 243 cm³/mol. The third-order valence-electron chi connectivity index (χ3n) is 11.1. The Morgan fingerprint density at radius 1 is 0.322 bits per heavy atom. The van der Waals surface area contributed by atoms with E-state index in [0.29, 0.717) is 11.5 Å². The highest BCUT2D eigenvalue weighted by Gasteiger charge is 2.18. The Labute approximate surface area is 341 Å². The number of hydrogen-bond acceptors (Lipinski definition) is 4. The Bertz CT molecular complexity index is 3220. The van der Waals surface area contributed by atoms with E-state index < -0.39 is 0 Å². The molecule has 0 aliphatic heterocycles. The van der Waals surface area contributed by atoms with Crippen molar-refractivity contribution in [2.45, 2.75) is 0 Å². The lowest BCUT2D eigenvalue weighted by Gasteiger charge is -2.26. The SMILES string of the molecule is c1ccc(-c2ccc(-c3ccc(N(c4ccc(-c5cccc6c5oc5cc7oc(-c8ccccc8)nc7cc56)cc4)c4cccc(-c5ccccc5)c4)cc3)cc2)cc1. The Morgan fingerprint density at radius 3 is 1.46 bits per heavy atom. The van der Waals surface area contributed by atoms with Gasteiger partial charge < -0.3 is 13.7 Å². The van der Waals surface area contributed by atoms with Crippen LogP contribution >= 0.6 is 0 Å². The first-order chi connectivity index (χ1) is 29.2. The summed E-state index contributed by atoms with van der Waals surface area (Å²) in [5.74, 6) is 0.601. The zero-order chi connectivity index (χ0) is 39.1. The lowest BCUT2D eigenvalue weighted by molar-refractivity contribution is 0.617. The molecule has 0 N–H and O–H groups in total. The predicted octanol–water partition coefficient (Wildman–Crippen LogP) is 15.5. The van der Waals surface area contributed by atoms with Crippen molar-refractivity contribution >= 4 is 50.1 Å². The van der Waals surface area contributed by atoms with E-state index in [0.717, 1.165) is 66.8 Å². The Morgan fingerprint density at radius 2 is 0.831 bits per heavy atom. The van der Waals surface area contributed by atoms with Gasteiger partial charge in [0.25, 0.3) is 0 Å². The van der Waals surface area contributed by atoms with Crippen LogP contribution in [0.5, 0.6) is 0 Å². The van der Waals surface area contributed by atoms with E-state index in [9.17, 15) is 0 Å². The molecular formula is C55H36N2O2. The molecule has 0 atom stereocenters. The van der Waals surface area contributed by atoms with Gasteiger partial charge in [0, 0.05) is 45.0 Å². The molecule has 0 unspecified atom stereocenters. The van der Waals surface area contributed by atoms with Gasteiger partial charge in [0.15, 0.2) is 5.58 Å². The van der Waals surface area contributed by atoms with Gasteiger partial charge in [-0.3, -0.25) is 0 Å². The van der Waals surface area contributed by atoms with Gasteiger partial charge in [0.05, 0.1) is 0 Å². The van der Waals surface area contributed by atoms with Crippen molar-refractivity contribution in [3.05, 3.63) is 218 Å². The largest absolute Gasteiger partial charge is 0.455 e. The minimum Gasteiger partial charge on any atom is -0.455 e. The Kier molecular flexibility index (Phi) is 8.45. The van der Waals surface area contributed by atoms with Crippen LogP contribution in [0.4, 0.5) is 17.1 Å². The lowest BCUT2D eigenvalue weighted by Crippen LogP contribution is -2.10. The topological polar surface area (TPSA) is 42.4 Å². The molecule has 278 valence electrons. The highest BCUT2D eigenvalue weighted by Crippen LogP contribution is 2.41. The summed E-state index contributed by atoms with van der Waals surface area (Å²) in [6, 6.07) is 76.6. The molecule has 0 aliphatic carbocycles. The fourth-order valence-corrected chi connectivity index (χ4v) is 8.13. The molecule has 9 aromatic carbocycles. The van der Waals surface area contributed by atoms with Gasteiger partial charge in [-0.1, -0.05) is 158 Å². The van der Waals surface area contributed by atoms with Gasteiger partial charge in [0.2, 0.25) is 5.89 Å². The van der Waals surface area contributed by atoms with Crippen LogP contribution in [0.2, 0.25) is 0 Å². The minimum atomic E-state index is 0.601. The molecule has 0 saturated carbocycles. The van der Waals surface area contributed by atoms with Gasteiger partial charge in [-0.05, 0) is 93.5 Å². The van der Waals surface area contributed by atoms with Crippen LogP contribution in [0.3, 0.4) is 0 Å². The van der Waals surface area contributed by atoms with Crippen molar-refractivity contribution in [1.82, 2.24) is 4.98 Å². The maximum atomic E-state index is 6.61. The summed E-state index contributed by atoms with van der Waals surface area (Å²) in [7, 11) is 0. The van der Waals surface area contributed by atoms with E-state index in [-0.39, 0.29) is 0 Å². The number of anilines is 3. The smallest absolute Gasteiger partial charge is 0.227 e. The molecule has 4 nitrogen and oxygen atoms in total. The molecule has 0 spiro atoms. The average molecular weight is 757 g/mol. The quantitative estimate of drug-likeness (QED) is 0.155. The fraction of sp³-hybridized carbons (Fsp3) is 0. The summed E-state index contributed by atoms with van der Waals surface area (Å²) in [5.41, 5.74) is 16.5. The van der Waals surface area contributed by atoms with Crippen LogP contribution in [0.25, 0.3) is 89.0 Å². The summed E-state index contributed by atoms with van der Waals surface area (Å²) in [6.07, 6.45) is 0. The molecule has 2 aromatic heterocycles. The number of oxazole rings is 1. The average Bonchev–Trinajstić information content (AvgIpc) is 3.91. The number of hydrogen-bond donors (Lipinski definition) is 0. The van der Waals surface area contributed by atoms with Crippen molar-refractivity contribution in [3.63, 3.8) is 0 Å². The van der Waals surface area contributed by atoms with Crippen molar-refractivity contribution < 1.29 is 8.83 Å². The fourth-order valence-electron chi connectivity index (χ4n) is 8.13. The second-order valence-electron chi connectivity index (χ2n) is 14.8. The number of rotatable bonds is 8. The summed E-state index contributed by atoms with van der Waals surface area (Å²) in [4.78, 5) is 7.14. The van der Waals surface area contributed by atoms with Gasteiger partial charge in [-0.15, -0.1) is 0 Å². The number of nitrogens with zero attached hydrogens (tertiary/aromatic N) is 2. The molecule has 0 aliphatic rings.